The minimum absolute atomic E-state index is 0.0600. The van der Waals surface area contributed by atoms with Crippen LogP contribution in [0.2, 0.25) is 0 Å². The van der Waals surface area contributed by atoms with Gasteiger partial charge in [0, 0.05) is 28.2 Å². The van der Waals surface area contributed by atoms with Crippen LogP contribution in [0.3, 0.4) is 0 Å². The fraction of sp³-hybridized carbons (Fsp3) is 0.200. The van der Waals surface area contributed by atoms with E-state index in [4.69, 9.17) is 4.74 Å². The van der Waals surface area contributed by atoms with Gasteiger partial charge in [0.05, 0.1) is 0 Å². The summed E-state index contributed by atoms with van der Waals surface area (Å²) in [5, 5.41) is 3.04. The molecule has 0 bridgehead atoms. The lowest BCUT2D eigenvalue weighted by Crippen LogP contribution is -2.08. The minimum Gasteiger partial charge on any atom is -0.488 e. The highest BCUT2D eigenvalue weighted by molar-refractivity contribution is 9.10. The maximum Gasteiger partial charge on any atom is 0.132 e. The summed E-state index contributed by atoms with van der Waals surface area (Å²) in [6, 6.07) is 9.08. The Bertz CT molecular complexity index is 604. The molecule has 0 unspecified atom stereocenters. The zero-order valence-electron chi connectivity index (χ0n) is 10.9. The van der Waals surface area contributed by atoms with Gasteiger partial charge in [0.1, 0.15) is 24.0 Å². The molecule has 0 radical (unpaired) electrons. The Morgan fingerprint density at radius 3 is 2.60 bits per heavy atom. The molecule has 0 aliphatic carbocycles. The normalized spacial score (nSPS) is 10.6. The maximum atomic E-state index is 13.5. The highest BCUT2D eigenvalue weighted by Gasteiger charge is 2.08. The van der Waals surface area contributed by atoms with Gasteiger partial charge >= 0.3 is 0 Å². The minimum atomic E-state index is -0.600. The van der Waals surface area contributed by atoms with E-state index in [0.717, 1.165) is 16.1 Å². The Morgan fingerprint density at radius 2 is 1.90 bits per heavy atom. The van der Waals surface area contributed by atoms with Crippen LogP contribution < -0.4 is 10.1 Å². The topological polar surface area (TPSA) is 21.3 Å². The second-order valence-corrected chi connectivity index (χ2v) is 5.22. The molecule has 0 fully saturated rings. The fourth-order valence-electron chi connectivity index (χ4n) is 1.81. The van der Waals surface area contributed by atoms with Crippen molar-refractivity contribution in [2.75, 3.05) is 7.05 Å². The first-order chi connectivity index (χ1) is 9.60. The molecule has 2 aromatic rings. The van der Waals surface area contributed by atoms with Crippen molar-refractivity contribution >= 4 is 15.9 Å². The molecule has 0 saturated heterocycles. The van der Waals surface area contributed by atoms with Gasteiger partial charge in [-0.2, -0.15) is 0 Å². The molecule has 2 aromatic carbocycles. The van der Waals surface area contributed by atoms with Gasteiger partial charge in [-0.15, -0.1) is 0 Å². The van der Waals surface area contributed by atoms with Gasteiger partial charge in [-0.1, -0.05) is 15.9 Å². The molecular formula is C15H14BrF2NO. The highest BCUT2D eigenvalue weighted by atomic mass is 79.9. The first kappa shape index (κ1) is 14.9. The van der Waals surface area contributed by atoms with Crippen molar-refractivity contribution < 1.29 is 13.5 Å². The van der Waals surface area contributed by atoms with E-state index in [-0.39, 0.29) is 6.61 Å². The van der Waals surface area contributed by atoms with Crippen LogP contribution in [0.15, 0.2) is 40.9 Å². The highest BCUT2D eigenvalue weighted by Crippen LogP contribution is 2.24. The molecule has 0 spiro atoms. The average Bonchev–Trinajstić information content (AvgIpc) is 2.40. The lowest BCUT2D eigenvalue weighted by atomic mass is 10.2. The van der Waals surface area contributed by atoms with E-state index >= 15 is 0 Å². The van der Waals surface area contributed by atoms with Crippen LogP contribution in [0, 0.1) is 11.6 Å². The first-order valence-electron chi connectivity index (χ1n) is 6.10. The lowest BCUT2D eigenvalue weighted by Gasteiger charge is -2.12. The van der Waals surface area contributed by atoms with Gasteiger partial charge in [0.15, 0.2) is 0 Å². The summed E-state index contributed by atoms with van der Waals surface area (Å²) in [6.45, 7) is 0.700. The Hall–Kier alpha value is -1.46. The number of rotatable bonds is 5. The van der Waals surface area contributed by atoms with Crippen molar-refractivity contribution in [1.29, 1.82) is 0 Å². The number of nitrogens with one attached hydrogen (secondary N) is 1. The lowest BCUT2D eigenvalue weighted by molar-refractivity contribution is 0.296. The molecule has 0 aromatic heterocycles. The van der Waals surface area contributed by atoms with Crippen molar-refractivity contribution in [2.45, 2.75) is 13.2 Å². The van der Waals surface area contributed by atoms with Crippen molar-refractivity contribution in [1.82, 2.24) is 5.32 Å². The zero-order valence-corrected chi connectivity index (χ0v) is 12.5. The molecule has 0 atom stereocenters. The Balaban J connectivity index is 2.14. The first-order valence-corrected chi connectivity index (χ1v) is 6.89. The van der Waals surface area contributed by atoms with Crippen LogP contribution in [0.1, 0.15) is 11.1 Å². The van der Waals surface area contributed by atoms with E-state index in [1.54, 1.807) is 0 Å². The summed E-state index contributed by atoms with van der Waals surface area (Å²) in [5.41, 5.74) is 1.29. The van der Waals surface area contributed by atoms with E-state index in [2.05, 4.69) is 21.2 Å². The predicted octanol–water partition coefficient (Wildman–Crippen LogP) is 4.03. The third kappa shape index (κ3) is 3.77. The number of hydrogen-bond acceptors (Lipinski definition) is 2. The molecule has 0 saturated carbocycles. The number of halogens is 3. The largest absolute Gasteiger partial charge is 0.488 e. The maximum absolute atomic E-state index is 13.5. The summed E-state index contributed by atoms with van der Waals surface area (Å²) in [7, 11) is 1.84. The number of benzene rings is 2. The summed E-state index contributed by atoms with van der Waals surface area (Å²) in [6.07, 6.45) is 0. The van der Waals surface area contributed by atoms with Crippen LogP contribution in [0.5, 0.6) is 5.75 Å². The summed E-state index contributed by atoms with van der Waals surface area (Å²) < 4.78 is 32.9. The van der Waals surface area contributed by atoms with Crippen molar-refractivity contribution in [3.8, 4) is 5.75 Å². The van der Waals surface area contributed by atoms with E-state index in [1.807, 2.05) is 25.2 Å². The monoisotopic (exact) mass is 341 g/mol. The standard InChI is InChI=1S/C15H14BrF2NO/c1-19-8-11-6-12(16)3-5-15(11)20-9-10-2-4-13(17)7-14(10)18/h2-7,19H,8-9H2,1H3. The van der Waals surface area contributed by atoms with E-state index in [1.165, 1.54) is 12.1 Å². The second kappa shape index (κ2) is 6.81. The molecule has 106 valence electrons. The molecule has 1 N–H and O–H groups in total. The van der Waals surface area contributed by atoms with Crippen LogP contribution in [-0.2, 0) is 13.2 Å². The number of hydrogen-bond donors (Lipinski definition) is 1. The molecule has 20 heavy (non-hydrogen) atoms. The zero-order chi connectivity index (χ0) is 14.5. The molecule has 5 heteroatoms. The summed E-state index contributed by atoms with van der Waals surface area (Å²) in [5.74, 6) is -0.519. The van der Waals surface area contributed by atoms with Crippen LogP contribution in [0.25, 0.3) is 0 Å². The van der Waals surface area contributed by atoms with Crippen molar-refractivity contribution in [2.24, 2.45) is 0 Å². The Kier molecular flexibility index (Phi) is 5.09. The van der Waals surface area contributed by atoms with Crippen LogP contribution in [-0.4, -0.2) is 7.05 Å². The van der Waals surface area contributed by atoms with E-state index in [9.17, 15) is 8.78 Å². The third-order valence-electron chi connectivity index (χ3n) is 2.79. The number of ether oxygens (including phenoxy) is 1. The van der Waals surface area contributed by atoms with Gasteiger partial charge in [-0.3, -0.25) is 0 Å². The molecule has 0 aliphatic heterocycles. The fourth-order valence-corrected chi connectivity index (χ4v) is 2.22. The van der Waals surface area contributed by atoms with Gasteiger partial charge in [-0.05, 0) is 37.4 Å². The van der Waals surface area contributed by atoms with Crippen molar-refractivity contribution in [3.63, 3.8) is 0 Å². The van der Waals surface area contributed by atoms with E-state index in [0.29, 0.717) is 17.9 Å². The SMILES string of the molecule is CNCc1cc(Br)ccc1OCc1ccc(F)cc1F. The smallest absolute Gasteiger partial charge is 0.132 e. The molecule has 0 aliphatic rings. The molecule has 0 amide bonds. The molecule has 0 heterocycles. The van der Waals surface area contributed by atoms with Gasteiger partial charge in [0.2, 0.25) is 0 Å². The van der Waals surface area contributed by atoms with E-state index < -0.39 is 11.6 Å². The third-order valence-corrected chi connectivity index (χ3v) is 3.28. The summed E-state index contributed by atoms with van der Waals surface area (Å²) in [4.78, 5) is 0. The van der Waals surface area contributed by atoms with Gasteiger partial charge < -0.3 is 10.1 Å². The molecule has 2 rings (SSSR count). The Morgan fingerprint density at radius 1 is 1.10 bits per heavy atom. The van der Waals surface area contributed by atoms with Gasteiger partial charge in [0.25, 0.3) is 0 Å². The van der Waals surface area contributed by atoms with Crippen molar-refractivity contribution in [3.05, 3.63) is 63.6 Å². The average molecular weight is 342 g/mol. The quantitative estimate of drug-likeness (QED) is 0.886. The second-order valence-electron chi connectivity index (χ2n) is 4.31. The van der Waals surface area contributed by atoms with Crippen LogP contribution in [0.4, 0.5) is 8.78 Å². The van der Waals surface area contributed by atoms with Crippen LogP contribution >= 0.6 is 15.9 Å². The predicted molar refractivity (Wildman–Crippen MR) is 77.6 cm³/mol. The Labute approximate surface area is 124 Å². The summed E-state index contributed by atoms with van der Waals surface area (Å²) >= 11 is 3.40. The molecule has 2 nitrogen and oxygen atoms in total. The molecular weight excluding hydrogens is 328 g/mol. The van der Waals surface area contributed by atoms with Gasteiger partial charge in [-0.25, -0.2) is 8.78 Å².